The van der Waals surface area contributed by atoms with Crippen LogP contribution >= 0.6 is 11.3 Å². The number of nitrogens with one attached hydrogen (secondary N) is 1. The lowest BCUT2D eigenvalue weighted by molar-refractivity contribution is -0.857. The van der Waals surface area contributed by atoms with Gasteiger partial charge in [-0.05, 0) is 11.4 Å². The summed E-state index contributed by atoms with van der Waals surface area (Å²) < 4.78 is 5.04. The topological polar surface area (TPSA) is 33.7 Å². The number of rotatable bonds is 7. The quantitative estimate of drug-likeness (QED) is 0.808. The fraction of sp³-hybridized carbons (Fsp3) is 0.462. The fourth-order valence-electron chi connectivity index (χ4n) is 1.76. The molecule has 2 aromatic rings. The summed E-state index contributed by atoms with van der Waals surface area (Å²) in [6, 6.07) is 4.29. The number of nitrogens with zero attached hydrogens (tertiary/aromatic N) is 2. The molecule has 0 saturated carbocycles. The summed E-state index contributed by atoms with van der Waals surface area (Å²) in [6.45, 7) is 4.02. The van der Waals surface area contributed by atoms with Crippen molar-refractivity contribution in [3.05, 3.63) is 40.7 Å². The van der Waals surface area contributed by atoms with Crippen molar-refractivity contribution in [2.45, 2.75) is 13.1 Å². The zero-order valence-electron chi connectivity index (χ0n) is 10.9. The van der Waals surface area contributed by atoms with Crippen LogP contribution in [0, 0.1) is 0 Å². The molecule has 0 saturated heterocycles. The molecular formula is C13H20N3OS+. The Balaban J connectivity index is 1.93. The normalized spacial score (nSPS) is 11.6. The first-order valence-electron chi connectivity index (χ1n) is 6.15. The van der Waals surface area contributed by atoms with E-state index in [1.165, 1.54) is 16.2 Å². The number of likely N-dealkylation sites (N-methyl/N-ethyl adjacent to an activating group) is 1. The van der Waals surface area contributed by atoms with E-state index in [2.05, 4.69) is 41.5 Å². The van der Waals surface area contributed by atoms with Crippen molar-refractivity contribution in [2.75, 3.05) is 27.2 Å². The van der Waals surface area contributed by atoms with Crippen molar-refractivity contribution in [1.29, 1.82) is 0 Å². The maximum Gasteiger partial charge on any atom is 0.180 e. The molecule has 2 rings (SSSR count). The number of quaternary nitrogens is 1. The molecule has 0 bridgehead atoms. The average molecular weight is 266 g/mol. The van der Waals surface area contributed by atoms with Crippen molar-refractivity contribution in [3.63, 3.8) is 0 Å². The SMILES string of the molecule is C[NH+](C)CCN(Cc1cocn1)Cc1cccs1. The molecule has 0 aromatic carbocycles. The molecule has 18 heavy (non-hydrogen) atoms. The Morgan fingerprint density at radius 2 is 2.28 bits per heavy atom. The second kappa shape index (κ2) is 6.68. The van der Waals surface area contributed by atoms with Gasteiger partial charge in [0.25, 0.3) is 0 Å². The highest BCUT2D eigenvalue weighted by atomic mass is 32.1. The van der Waals surface area contributed by atoms with Gasteiger partial charge in [-0.2, -0.15) is 0 Å². The van der Waals surface area contributed by atoms with Crippen LogP contribution in [0.1, 0.15) is 10.6 Å². The lowest BCUT2D eigenvalue weighted by Crippen LogP contribution is -3.06. The van der Waals surface area contributed by atoms with E-state index >= 15 is 0 Å². The van der Waals surface area contributed by atoms with E-state index in [4.69, 9.17) is 4.42 Å². The van der Waals surface area contributed by atoms with Crippen LogP contribution in [0.5, 0.6) is 0 Å². The third-order valence-electron chi connectivity index (χ3n) is 2.76. The van der Waals surface area contributed by atoms with Gasteiger partial charge in [-0.1, -0.05) is 6.07 Å². The van der Waals surface area contributed by atoms with Gasteiger partial charge in [-0.25, -0.2) is 4.98 Å². The van der Waals surface area contributed by atoms with Crippen LogP contribution in [0.2, 0.25) is 0 Å². The van der Waals surface area contributed by atoms with Crippen LogP contribution in [0.15, 0.2) is 34.6 Å². The first-order valence-corrected chi connectivity index (χ1v) is 7.03. The van der Waals surface area contributed by atoms with Gasteiger partial charge in [0.2, 0.25) is 0 Å². The van der Waals surface area contributed by atoms with Crippen LogP contribution in [0.3, 0.4) is 0 Å². The highest BCUT2D eigenvalue weighted by Gasteiger charge is 2.10. The molecule has 2 aromatic heterocycles. The average Bonchev–Trinajstić information content (AvgIpc) is 2.98. The second-order valence-electron chi connectivity index (χ2n) is 4.73. The van der Waals surface area contributed by atoms with E-state index < -0.39 is 0 Å². The van der Waals surface area contributed by atoms with Crippen molar-refractivity contribution in [2.24, 2.45) is 0 Å². The van der Waals surface area contributed by atoms with E-state index in [0.717, 1.165) is 31.9 Å². The molecule has 98 valence electrons. The van der Waals surface area contributed by atoms with E-state index in [1.54, 1.807) is 17.6 Å². The molecule has 0 aliphatic carbocycles. The minimum Gasteiger partial charge on any atom is -0.451 e. The summed E-state index contributed by atoms with van der Waals surface area (Å²) in [5.74, 6) is 0. The monoisotopic (exact) mass is 266 g/mol. The third-order valence-corrected chi connectivity index (χ3v) is 3.62. The van der Waals surface area contributed by atoms with E-state index in [1.807, 2.05) is 0 Å². The van der Waals surface area contributed by atoms with Crippen LogP contribution in [0.4, 0.5) is 0 Å². The van der Waals surface area contributed by atoms with E-state index in [-0.39, 0.29) is 0 Å². The summed E-state index contributed by atoms with van der Waals surface area (Å²) in [5.41, 5.74) is 1.00. The summed E-state index contributed by atoms with van der Waals surface area (Å²) in [5, 5.41) is 2.13. The minimum absolute atomic E-state index is 0.849. The Kier molecular flexibility index (Phi) is 4.92. The van der Waals surface area contributed by atoms with Gasteiger partial charge >= 0.3 is 0 Å². The molecule has 0 fully saturated rings. The number of hydrogen-bond donors (Lipinski definition) is 1. The molecule has 0 amide bonds. The predicted molar refractivity (Wildman–Crippen MR) is 72.6 cm³/mol. The second-order valence-corrected chi connectivity index (χ2v) is 5.76. The molecule has 4 nitrogen and oxygen atoms in total. The van der Waals surface area contributed by atoms with Crippen molar-refractivity contribution < 1.29 is 9.32 Å². The van der Waals surface area contributed by atoms with Gasteiger partial charge in [0.15, 0.2) is 6.39 Å². The van der Waals surface area contributed by atoms with E-state index in [0.29, 0.717) is 0 Å². The van der Waals surface area contributed by atoms with Gasteiger partial charge in [0, 0.05) is 24.5 Å². The maximum atomic E-state index is 5.04. The van der Waals surface area contributed by atoms with Crippen molar-refractivity contribution in [1.82, 2.24) is 9.88 Å². The fourth-order valence-corrected chi connectivity index (χ4v) is 2.51. The lowest BCUT2D eigenvalue weighted by Gasteiger charge is -2.21. The zero-order valence-corrected chi connectivity index (χ0v) is 11.7. The Morgan fingerprint density at radius 1 is 1.39 bits per heavy atom. The first kappa shape index (κ1) is 13.3. The number of oxazole rings is 1. The first-order chi connectivity index (χ1) is 8.74. The Labute approximate surface area is 112 Å². The van der Waals surface area contributed by atoms with Crippen LogP contribution in [-0.2, 0) is 13.1 Å². The summed E-state index contributed by atoms with van der Waals surface area (Å²) in [6.07, 6.45) is 3.22. The largest absolute Gasteiger partial charge is 0.451 e. The Morgan fingerprint density at radius 3 is 2.89 bits per heavy atom. The van der Waals surface area contributed by atoms with Gasteiger partial charge in [-0.3, -0.25) is 4.90 Å². The Bertz CT molecular complexity index is 389. The zero-order chi connectivity index (χ0) is 12.8. The van der Waals surface area contributed by atoms with E-state index in [9.17, 15) is 0 Å². The van der Waals surface area contributed by atoms with Crippen LogP contribution in [-0.4, -0.2) is 37.1 Å². The van der Waals surface area contributed by atoms with Gasteiger partial charge in [-0.15, -0.1) is 11.3 Å². The molecule has 2 heterocycles. The smallest absolute Gasteiger partial charge is 0.180 e. The predicted octanol–water partition coefficient (Wildman–Crippen LogP) is 0.883. The molecule has 0 aliphatic heterocycles. The Hall–Kier alpha value is -1.17. The lowest BCUT2D eigenvalue weighted by atomic mass is 10.3. The summed E-state index contributed by atoms with van der Waals surface area (Å²) >= 11 is 1.81. The number of thiophene rings is 1. The third kappa shape index (κ3) is 4.25. The molecular weight excluding hydrogens is 246 g/mol. The number of aromatic nitrogens is 1. The maximum absolute atomic E-state index is 5.04. The molecule has 5 heteroatoms. The van der Waals surface area contributed by atoms with Crippen molar-refractivity contribution in [3.8, 4) is 0 Å². The van der Waals surface area contributed by atoms with Gasteiger partial charge in [0.1, 0.15) is 6.26 Å². The summed E-state index contributed by atoms with van der Waals surface area (Å²) in [4.78, 5) is 9.47. The molecule has 0 aliphatic rings. The van der Waals surface area contributed by atoms with Gasteiger partial charge in [0.05, 0.1) is 26.3 Å². The van der Waals surface area contributed by atoms with Crippen molar-refractivity contribution >= 4 is 11.3 Å². The molecule has 0 atom stereocenters. The van der Waals surface area contributed by atoms with Gasteiger partial charge < -0.3 is 9.32 Å². The molecule has 0 unspecified atom stereocenters. The highest BCUT2D eigenvalue weighted by molar-refractivity contribution is 7.09. The summed E-state index contributed by atoms with van der Waals surface area (Å²) in [7, 11) is 4.36. The molecule has 1 N–H and O–H groups in total. The molecule has 0 radical (unpaired) electrons. The molecule has 0 spiro atoms. The van der Waals surface area contributed by atoms with Crippen LogP contribution in [0.25, 0.3) is 0 Å². The minimum atomic E-state index is 0.849. The van der Waals surface area contributed by atoms with Crippen LogP contribution < -0.4 is 4.90 Å². The highest BCUT2D eigenvalue weighted by Crippen LogP contribution is 2.13. The standard InChI is InChI=1S/C13H19N3OS/c1-15(2)5-6-16(8-12-10-17-11-14-12)9-13-4-3-7-18-13/h3-4,7,10-11H,5-6,8-9H2,1-2H3/p+1. The number of hydrogen-bond acceptors (Lipinski definition) is 4.